The minimum atomic E-state index is -0.791. The Bertz CT molecular complexity index is 1380. The maximum atomic E-state index is 12.8. The Labute approximate surface area is 426 Å². The highest BCUT2D eigenvalue weighted by Crippen LogP contribution is 2.16. The molecule has 0 saturated heterocycles. The fourth-order valence-corrected chi connectivity index (χ4v) is 7.81. The normalized spacial score (nSPS) is 12.8. The fourth-order valence-electron chi connectivity index (χ4n) is 7.81. The Morgan fingerprint density at radius 1 is 0.304 bits per heavy atom. The summed E-state index contributed by atoms with van der Waals surface area (Å²) >= 11 is 0. The monoisotopic (exact) mass is 959 g/mol. The molecule has 0 saturated carbocycles. The van der Waals surface area contributed by atoms with Crippen LogP contribution in [0.25, 0.3) is 0 Å². The molecule has 0 fully saturated rings. The van der Waals surface area contributed by atoms with Gasteiger partial charge in [0.05, 0.1) is 0 Å². The minimum Gasteiger partial charge on any atom is -0.462 e. The zero-order valence-corrected chi connectivity index (χ0v) is 45.0. The van der Waals surface area contributed by atoms with Crippen molar-refractivity contribution in [3.8, 4) is 0 Å². The van der Waals surface area contributed by atoms with Crippen LogP contribution in [0.1, 0.15) is 265 Å². The van der Waals surface area contributed by atoms with Crippen molar-refractivity contribution in [2.75, 3.05) is 13.2 Å². The lowest BCUT2D eigenvalue weighted by Crippen LogP contribution is -2.30. The predicted octanol–water partition coefficient (Wildman–Crippen LogP) is 19.3. The highest BCUT2D eigenvalue weighted by Gasteiger charge is 2.19. The van der Waals surface area contributed by atoms with E-state index in [0.717, 1.165) is 109 Å². The lowest BCUT2D eigenvalue weighted by Gasteiger charge is -2.18. The number of ether oxygens (including phenoxy) is 3. The van der Waals surface area contributed by atoms with E-state index in [-0.39, 0.29) is 31.1 Å². The van der Waals surface area contributed by atoms with E-state index in [0.29, 0.717) is 19.3 Å². The van der Waals surface area contributed by atoms with Crippen LogP contribution < -0.4 is 0 Å². The lowest BCUT2D eigenvalue weighted by molar-refractivity contribution is -0.167. The summed E-state index contributed by atoms with van der Waals surface area (Å²) in [5, 5.41) is 0. The molecule has 6 nitrogen and oxygen atoms in total. The van der Waals surface area contributed by atoms with E-state index in [9.17, 15) is 14.4 Å². The van der Waals surface area contributed by atoms with E-state index in [1.807, 2.05) is 0 Å². The van der Waals surface area contributed by atoms with Gasteiger partial charge < -0.3 is 14.2 Å². The first-order valence-electron chi connectivity index (χ1n) is 28.7. The quantitative estimate of drug-likeness (QED) is 0.0262. The first kappa shape index (κ1) is 65.3. The van der Waals surface area contributed by atoms with Crippen LogP contribution in [0.15, 0.2) is 97.2 Å². The van der Waals surface area contributed by atoms with Crippen LogP contribution in [0.5, 0.6) is 0 Å². The first-order valence-corrected chi connectivity index (χ1v) is 28.7. The highest BCUT2D eigenvalue weighted by atomic mass is 16.6. The minimum absolute atomic E-state index is 0.0898. The molecule has 0 radical (unpaired) electrons. The Morgan fingerprint density at radius 3 is 0.884 bits per heavy atom. The third-order valence-electron chi connectivity index (χ3n) is 12.1. The molecular formula is C63H106O6. The molecule has 1 atom stereocenters. The van der Waals surface area contributed by atoms with Gasteiger partial charge in [-0.3, -0.25) is 14.4 Å². The number of hydrogen-bond acceptors (Lipinski definition) is 6. The third kappa shape index (κ3) is 55.1. The molecule has 394 valence electrons. The van der Waals surface area contributed by atoms with Gasteiger partial charge in [0.25, 0.3) is 0 Å². The summed E-state index contributed by atoms with van der Waals surface area (Å²) in [6.45, 7) is 6.44. The zero-order valence-electron chi connectivity index (χ0n) is 45.0. The molecule has 1 unspecified atom stereocenters. The van der Waals surface area contributed by atoms with Crippen molar-refractivity contribution in [1.82, 2.24) is 0 Å². The average molecular weight is 960 g/mol. The van der Waals surface area contributed by atoms with Gasteiger partial charge >= 0.3 is 17.9 Å². The van der Waals surface area contributed by atoms with E-state index in [4.69, 9.17) is 14.2 Å². The molecule has 0 spiro atoms. The second-order valence-electron chi connectivity index (χ2n) is 18.8. The predicted molar refractivity (Wildman–Crippen MR) is 297 cm³/mol. The second kappa shape index (κ2) is 56.9. The van der Waals surface area contributed by atoms with E-state index >= 15 is 0 Å². The van der Waals surface area contributed by atoms with E-state index in [2.05, 4.69) is 118 Å². The molecule has 0 aromatic carbocycles. The van der Waals surface area contributed by atoms with Gasteiger partial charge in [0.1, 0.15) is 13.2 Å². The number of carbonyl (C=O) groups is 3. The van der Waals surface area contributed by atoms with Crippen molar-refractivity contribution >= 4 is 17.9 Å². The van der Waals surface area contributed by atoms with Gasteiger partial charge in [-0.2, -0.15) is 0 Å². The Hall–Kier alpha value is -3.67. The number of esters is 3. The fraction of sp³-hybridized carbons (Fsp3) is 0.698. The van der Waals surface area contributed by atoms with Crippen LogP contribution in [0.4, 0.5) is 0 Å². The molecule has 69 heavy (non-hydrogen) atoms. The summed E-state index contributed by atoms with van der Waals surface area (Å²) in [5.74, 6) is -0.941. The molecule has 6 heteroatoms. The molecule has 0 rings (SSSR count). The SMILES string of the molecule is CC/C=C\C/C=C\C/C=C\C/C=C\C/C=C\C/C=C\C/C=C\C/C=C\CCCCC(=O)OCC(COC(=O)CCCCCCCC)OC(=O)CCCCCCCCCCCCCCCCCCCC. The van der Waals surface area contributed by atoms with E-state index in [1.54, 1.807) is 0 Å². The molecule has 0 aliphatic rings. The van der Waals surface area contributed by atoms with Crippen molar-refractivity contribution in [3.05, 3.63) is 97.2 Å². The Balaban J connectivity index is 4.24. The maximum Gasteiger partial charge on any atom is 0.306 e. The van der Waals surface area contributed by atoms with Gasteiger partial charge in [0.15, 0.2) is 6.10 Å². The highest BCUT2D eigenvalue weighted by molar-refractivity contribution is 5.71. The van der Waals surface area contributed by atoms with Gasteiger partial charge in [-0.15, -0.1) is 0 Å². The van der Waals surface area contributed by atoms with E-state index in [1.165, 1.54) is 116 Å². The zero-order chi connectivity index (χ0) is 50.0. The molecular weight excluding hydrogens is 853 g/mol. The molecule has 0 aliphatic heterocycles. The molecule has 0 aliphatic carbocycles. The van der Waals surface area contributed by atoms with Crippen molar-refractivity contribution in [2.45, 2.75) is 271 Å². The largest absolute Gasteiger partial charge is 0.462 e. The molecule has 0 bridgehead atoms. The number of rotatable bonds is 51. The molecule has 0 heterocycles. The van der Waals surface area contributed by atoms with Crippen LogP contribution in [-0.4, -0.2) is 37.2 Å². The van der Waals surface area contributed by atoms with Crippen molar-refractivity contribution in [1.29, 1.82) is 0 Å². The van der Waals surface area contributed by atoms with Crippen molar-refractivity contribution in [2.24, 2.45) is 0 Å². The van der Waals surface area contributed by atoms with Crippen LogP contribution >= 0.6 is 0 Å². The van der Waals surface area contributed by atoms with Gasteiger partial charge in [0, 0.05) is 19.3 Å². The topological polar surface area (TPSA) is 78.9 Å². The standard InChI is InChI=1S/C63H106O6/c1-4-7-10-13-16-18-20-22-24-26-28-29-30-31-32-33-34-35-36-38-39-41-43-45-47-50-53-56-62(65)68-59-60(58-67-61(64)55-52-49-15-12-9-6-3)69-63(66)57-54-51-48-46-44-42-40-37-27-25-23-21-19-17-14-11-8-5-2/h7,10,16,18,22,24,28-29,31-32,34-35,38-39,43,45,60H,4-6,8-9,11-15,17,19-21,23,25-27,30,33,36-37,40-42,44,46-59H2,1-3H3/b10-7-,18-16-,24-22-,29-28-,32-31-,35-34-,39-38-,45-43-. The maximum absolute atomic E-state index is 12.8. The number of hydrogen-bond donors (Lipinski definition) is 0. The molecule has 0 amide bonds. The average Bonchev–Trinajstić information content (AvgIpc) is 3.35. The molecule has 0 N–H and O–H groups in total. The van der Waals surface area contributed by atoms with Gasteiger partial charge in [-0.1, -0.05) is 259 Å². The summed E-state index contributed by atoms with van der Waals surface area (Å²) in [4.78, 5) is 37.9. The Kier molecular flexibility index (Phi) is 53.9. The van der Waals surface area contributed by atoms with E-state index < -0.39 is 6.10 Å². The van der Waals surface area contributed by atoms with Crippen LogP contribution in [0, 0.1) is 0 Å². The van der Waals surface area contributed by atoms with Crippen molar-refractivity contribution in [3.63, 3.8) is 0 Å². The summed E-state index contributed by atoms with van der Waals surface area (Å²) in [6.07, 6.45) is 75.8. The molecule has 0 aromatic heterocycles. The smallest absolute Gasteiger partial charge is 0.306 e. The second-order valence-corrected chi connectivity index (χ2v) is 18.8. The summed E-state index contributed by atoms with van der Waals surface area (Å²) in [7, 11) is 0. The first-order chi connectivity index (χ1) is 34.0. The Morgan fingerprint density at radius 2 is 0.565 bits per heavy atom. The lowest BCUT2D eigenvalue weighted by atomic mass is 10.0. The number of carbonyl (C=O) groups excluding carboxylic acids is 3. The van der Waals surface area contributed by atoms with Crippen LogP contribution in [-0.2, 0) is 28.6 Å². The summed E-state index contributed by atoms with van der Waals surface area (Å²) in [6, 6.07) is 0. The summed E-state index contributed by atoms with van der Waals surface area (Å²) in [5.41, 5.74) is 0. The van der Waals surface area contributed by atoms with Gasteiger partial charge in [-0.05, 0) is 83.5 Å². The van der Waals surface area contributed by atoms with Gasteiger partial charge in [-0.25, -0.2) is 0 Å². The number of unbranched alkanes of at least 4 members (excludes halogenated alkanes) is 24. The van der Waals surface area contributed by atoms with Crippen LogP contribution in [0.2, 0.25) is 0 Å². The van der Waals surface area contributed by atoms with Gasteiger partial charge in [0.2, 0.25) is 0 Å². The van der Waals surface area contributed by atoms with Crippen LogP contribution in [0.3, 0.4) is 0 Å². The number of allylic oxidation sites excluding steroid dienone is 16. The third-order valence-corrected chi connectivity index (χ3v) is 12.1. The van der Waals surface area contributed by atoms with Crippen molar-refractivity contribution < 1.29 is 28.6 Å². The summed E-state index contributed by atoms with van der Waals surface area (Å²) < 4.78 is 16.7. The molecule has 0 aromatic rings.